The summed E-state index contributed by atoms with van der Waals surface area (Å²) in [5.74, 6) is -1.52. The van der Waals surface area contributed by atoms with Crippen molar-refractivity contribution in [2.75, 3.05) is 6.54 Å². The summed E-state index contributed by atoms with van der Waals surface area (Å²) in [5, 5.41) is -3.17. The monoisotopic (exact) mass is 216 g/mol. The number of carbonyl (C=O) groups excluding carboxylic acids is 1. The standard InChI is InChI=1S/C6H8F4N2O2/c1-3-14-5(13)6(2,12(9)10)4-11(7)8/h3H,1,4H2,2H3. The number of hydrogen-bond donors (Lipinski definition) is 0. The second-order valence-electron chi connectivity index (χ2n) is 2.54. The first-order valence-corrected chi connectivity index (χ1v) is 3.37. The number of esters is 1. The van der Waals surface area contributed by atoms with Gasteiger partial charge in [0.05, 0.1) is 12.8 Å². The minimum absolute atomic E-state index is 0.588. The maximum atomic E-state index is 12.2. The van der Waals surface area contributed by atoms with Crippen LogP contribution in [0.2, 0.25) is 0 Å². The molecular weight excluding hydrogens is 208 g/mol. The molecule has 0 saturated carbocycles. The molecule has 0 N–H and O–H groups in total. The molecule has 0 bridgehead atoms. The number of carbonyl (C=O) groups is 1. The molecule has 0 aliphatic heterocycles. The van der Waals surface area contributed by atoms with E-state index in [0.717, 1.165) is 0 Å². The fourth-order valence-electron chi connectivity index (χ4n) is 0.622. The molecule has 1 atom stereocenters. The number of rotatable bonds is 5. The van der Waals surface area contributed by atoms with Crippen molar-refractivity contribution in [3.63, 3.8) is 0 Å². The highest BCUT2D eigenvalue weighted by Gasteiger charge is 2.45. The van der Waals surface area contributed by atoms with Crippen LogP contribution in [0.1, 0.15) is 6.92 Å². The minimum Gasteiger partial charge on any atom is -0.434 e. The molecule has 1 unspecified atom stereocenters. The van der Waals surface area contributed by atoms with Crippen molar-refractivity contribution in [3.05, 3.63) is 12.8 Å². The quantitative estimate of drug-likeness (QED) is 0.302. The second kappa shape index (κ2) is 4.91. The molecule has 14 heavy (non-hydrogen) atoms. The van der Waals surface area contributed by atoms with Crippen molar-refractivity contribution >= 4 is 5.97 Å². The molecule has 0 aromatic carbocycles. The summed E-state index contributed by atoms with van der Waals surface area (Å²) in [6.07, 6.45) is 0.588. The van der Waals surface area contributed by atoms with Crippen molar-refractivity contribution in [2.45, 2.75) is 12.5 Å². The summed E-state index contributed by atoms with van der Waals surface area (Å²) < 4.78 is 51.8. The Labute approximate surface area is 77.1 Å². The Bertz CT molecular complexity index is 224. The van der Waals surface area contributed by atoms with Crippen LogP contribution in [-0.2, 0) is 9.53 Å². The molecule has 0 saturated heterocycles. The Kier molecular flexibility index (Phi) is 4.51. The lowest BCUT2D eigenvalue weighted by Crippen LogP contribution is -2.51. The first-order chi connectivity index (χ1) is 6.34. The summed E-state index contributed by atoms with van der Waals surface area (Å²) >= 11 is 0. The van der Waals surface area contributed by atoms with Gasteiger partial charge in [-0.1, -0.05) is 6.58 Å². The smallest absolute Gasteiger partial charge is 0.338 e. The van der Waals surface area contributed by atoms with Gasteiger partial charge in [0.15, 0.2) is 5.54 Å². The lowest BCUT2D eigenvalue weighted by atomic mass is 10.1. The van der Waals surface area contributed by atoms with Crippen LogP contribution < -0.4 is 0 Å². The average Bonchev–Trinajstić information content (AvgIpc) is 2.02. The van der Waals surface area contributed by atoms with Gasteiger partial charge in [-0.15, -0.1) is 17.9 Å². The third-order valence-electron chi connectivity index (χ3n) is 1.43. The van der Waals surface area contributed by atoms with Gasteiger partial charge in [-0.3, -0.25) is 0 Å². The Morgan fingerprint density at radius 1 is 1.50 bits per heavy atom. The number of halogens is 4. The van der Waals surface area contributed by atoms with E-state index in [9.17, 15) is 22.7 Å². The van der Waals surface area contributed by atoms with E-state index in [-0.39, 0.29) is 0 Å². The van der Waals surface area contributed by atoms with E-state index in [1.54, 1.807) is 0 Å². The third kappa shape index (κ3) is 2.96. The Balaban J connectivity index is 4.70. The SMILES string of the molecule is C=COC(=O)C(C)(CN(F)F)N(F)F. The predicted molar refractivity (Wildman–Crippen MR) is 37.7 cm³/mol. The van der Waals surface area contributed by atoms with Crippen LogP contribution >= 0.6 is 0 Å². The number of hydrogen-bond acceptors (Lipinski definition) is 4. The Morgan fingerprint density at radius 2 is 2.00 bits per heavy atom. The van der Waals surface area contributed by atoms with Gasteiger partial charge in [0.25, 0.3) is 0 Å². The molecule has 0 amide bonds. The van der Waals surface area contributed by atoms with Crippen LogP contribution in [0.3, 0.4) is 0 Å². The summed E-state index contributed by atoms with van der Waals surface area (Å²) in [5.41, 5.74) is -2.72. The van der Waals surface area contributed by atoms with Gasteiger partial charge >= 0.3 is 5.97 Å². The molecule has 8 heteroatoms. The Hall–Kier alpha value is -1.15. The predicted octanol–water partition coefficient (Wildman–Crippen LogP) is 1.57. The molecule has 0 aromatic heterocycles. The van der Waals surface area contributed by atoms with Gasteiger partial charge in [-0.25, -0.2) is 4.79 Å². The van der Waals surface area contributed by atoms with E-state index in [1.807, 2.05) is 0 Å². The zero-order valence-electron chi connectivity index (χ0n) is 7.21. The van der Waals surface area contributed by atoms with Crippen LogP contribution in [0.5, 0.6) is 0 Å². The van der Waals surface area contributed by atoms with Crippen molar-refractivity contribution in [1.29, 1.82) is 0 Å². The molecule has 82 valence electrons. The van der Waals surface area contributed by atoms with Crippen LogP contribution in [0, 0.1) is 0 Å². The summed E-state index contributed by atoms with van der Waals surface area (Å²) in [6.45, 7) is 2.08. The first kappa shape index (κ1) is 12.8. The average molecular weight is 216 g/mol. The molecule has 0 aromatic rings. The maximum Gasteiger partial charge on any atom is 0.338 e. The van der Waals surface area contributed by atoms with Crippen LogP contribution in [0.15, 0.2) is 12.8 Å². The van der Waals surface area contributed by atoms with E-state index in [1.165, 1.54) is 0 Å². The Morgan fingerprint density at radius 3 is 2.29 bits per heavy atom. The molecule has 0 aliphatic carbocycles. The fourth-order valence-corrected chi connectivity index (χ4v) is 0.622. The maximum absolute atomic E-state index is 12.2. The van der Waals surface area contributed by atoms with Crippen LogP contribution in [0.4, 0.5) is 17.9 Å². The molecule has 0 spiro atoms. The normalized spacial score (nSPS) is 15.4. The molecule has 0 radical (unpaired) electrons. The zero-order chi connectivity index (χ0) is 11.4. The van der Waals surface area contributed by atoms with E-state index in [4.69, 9.17) is 0 Å². The summed E-state index contributed by atoms with van der Waals surface area (Å²) in [6, 6.07) is 0. The van der Waals surface area contributed by atoms with E-state index < -0.39 is 28.7 Å². The van der Waals surface area contributed by atoms with Gasteiger partial charge in [-0.05, 0) is 6.92 Å². The summed E-state index contributed by atoms with van der Waals surface area (Å²) in [4.78, 5) is 10.9. The van der Waals surface area contributed by atoms with Crippen LogP contribution in [-0.4, -0.2) is 28.7 Å². The molecule has 0 rings (SSSR count). The van der Waals surface area contributed by atoms with Gasteiger partial charge in [0.2, 0.25) is 0 Å². The molecular formula is C6H8F4N2O2. The largest absolute Gasteiger partial charge is 0.434 e. The number of nitrogens with zero attached hydrogens (tertiary/aromatic N) is 2. The van der Waals surface area contributed by atoms with Crippen molar-refractivity contribution in [3.8, 4) is 0 Å². The van der Waals surface area contributed by atoms with Crippen molar-refractivity contribution in [2.24, 2.45) is 0 Å². The molecule has 0 aliphatic rings. The van der Waals surface area contributed by atoms with E-state index in [0.29, 0.717) is 13.2 Å². The van der Waals surface area contributed by atoms with Gasteiger partial charge in [0.1, 0.15) is 0 Å². The molecule has 0 fully saturated rings. The fraction of sp³-hybridized carbons (Fsp3) is 0.500. The highest BCUT2D eigenvalue weighted by atomic mass is 19.4. The van der Waals surface area contributed by atoms with E-state index >= 15 is 0 Å². The van der Waals surface area contributed by atoms with E-state index in [2.05, 4.69) is 11.3 Å². The highest BCUT2D eigenvalue weighted by molar-refractivity contribution is 5.80. The van der Waals surface area contributed by atoms with Crippen molar-refractivity contribution < 1.29 is 27.5 Å². The van der Waals surface area contributed by atoms with Crippen LogP contribution in [0.25, 0.3) is 0 Å². The summed E-state index contributed by atoms with van der Waals surface area (Å²) in [7, 11) is 0. The lowest BCUT2D eigenvalue weighted by molar-refractivity contribution is -0.264. The second-order valence-corrected chi connectivity index (χ2v) is 2.54. The van der Waals surface area contributed by atoms with Gasteiger partial charge in [-0.2, -0.15) is 0 Å². The lowest BCUT2D eigenvalue weighted by Gasteiger charge is -2.25. The van der Waals surface area contributed by atoms with Crippen molar-refractivity contribution in [1.82, 2.24) is 10.7 Å². The highest BCUT2D eigenvalue weighted by Crippen LogP contribution is 2.20. The molecule has 0 heterocycles. The topological polar surface area (TPSA) is 32.8 Å². The third-order valence-corrected chi connectivity index (χ3v) is 1.43. The van der Waals surface area contributed by atoms with Gasteiger partial charge in [0, 0.05) is 10.7 Å². The first-order valence-electron chi connectivity index (χ1n) is 3.37. The molecule has 4 nitrogen and oxygen atoms in total. The number of ether oxygens (including phenoxy) is 1. The zero-order valence-corrected chi connectivity index (χ0v) is 7.21. The van der Waals surface area contributed by atoms with Gasteiger partial charge < -0.3 is 4.74 Å². The minimum atomic E-state index is -2.72.